The zero-order chi connectivity index (χ0) is 19.2. The van der Waals surface area contributed by atoms with E-state index in [1.54, 1.807) is 20.4 Å². The summed E-state index contributed by atoms with van der Waals surface area (Å²) in [4.78, 5) is 6.63. The zero-order valence-corrected chi connectivity index (χ0v) is 15.9. The van der Waals surface area contributed by atoms with Crippen molar-refractivity contribution in [3.63, 3.8) is 0 Å². The minimum atomic E-state index is 0.528. The predicted octanol–water partition coefficient (Wildman–Crippen LogP) is 4.10. The minimum absolute atomic E-state index is 0.528. The van der Waals surface area contributed by atoms with Crippen molar-refractivity contribution in [2.45, 2.75) is 13.8 Å². The van der Waals surface area contributed by atoms with Gasteiger partial charge in [-0.1, -0.05) is 12.1 Å². The Balaban J connectivity index is 1.89. The van der Waals surface area contributed by atoms with Crippen LogP contribution in [0.5, 0.6) is 11.5 Å². The average molecular weight is 365 g/mol. The summed E-state index contributed by atoms with van der Waals surface area (Å²) in [6, 6.07) is 13.7. The molecule has 0 aliphatic rings. The first kappa shape index (κ1) is 18.4. The fourth-order valence-corrected chi connectivity index (χ4v) is 2.74. The first-order chi connectivity index (χ1) is 13.1. The van der Waals surface area contributed by atoms with Gasteiger partial charge in [0.15, 0.2) is 5.82 Å². The second kappa shape index (κ2) is 8.35. The van der Waals surface area contributed by atoms with Crippen LogP contribution in [-0.4, -0.2) is 35.9 Å². The summed E-state index contributed by atoms with van der Waals surface area (Å²) in [5.41, 5.74) is 2.97. The van der Waals surface area contributed by atoms with Crippen LogP contribution in [0.1, 0.15) is 12.5 Å². The van der Waals surface area contributed by atoms with Crippen LogP contribution >= 0.6 is 0 Å². The van der Waals surface area contributed by atoms with E-state index in [0.717, 1.165) is 23.7 Å². The highest BCUT2D eigenvalue weighted by Gasteiger charge is 2.13. The number of methoxy groups -OCH3 is 2. The summed E-state index contributed by atoms with van der Waals surface area (Å²) < 4.78 is 10.7. The lowest BCUT2D eigenvalue weighted by atomic mass is 10.2. The highest BCUT2D eigenvalue weighted by molar-refractivity contribution is 5.66. The van der Waals surface area contributed by atoms with Crippen LogP contribution < -0.4 is 19.7 Å². The number of rotatable bonds is 7. The van der Waals surface area contributed by atoms with Gasteiger partial charge in [0.05, 0.1) is 26.1 Å². The summed E-state index contributed by atoms with van der Waals surface area (Å²) >= 11 is 0. The van der Waals surface area contributed by atoms with Crippen LogP contribution in [0.2, 0.25) is 0 Å². The molecule has 2 aromatic carbocycles. The fraction of sp³-hybridized carbons (Fsp3) is 0.250. The molecular weight excluding hydrogens is 342 g/mol. The first-order valence-electron chi connectivity index (χ1n) is 8.67. The zero-order valence-electron chi connectivity index (χ0n) is 15.9. The molecule has 0 fully saturated rings. The van der Waals surface area contributed by atoms with E-state index in [1.807, 2.05) is 35.2 Å². The van der Waals surface area contributed by atoms with Crippen molar-refractivity contribution in [3.05, 3.63) is 54.2 Å². The molecular formula is C20H23N5O2. The molecule has 0 atom stereocenters. The SMILES string of the molecule is CCN(c1cccc(C)c1)c1nncc(Nc2ccc(OC)cc2OC)n1. The molecule has 0 amide bonds. The maximum absolute atomic E-state index is 5.42. The molecule has 0 spiro atoms. The van der Waals surface area contributed by atoms with E-state index >= 15 is 0 Å². The number of aromatic nitrogens is 3. The van der Waals surface area contributed by atoms with Gasteiger partial charge in [-0.15, -0.1) is 5.10 Å². The van der Waals surface area contributed by atoms with Gasteiger partial charge in [-0.2, -0.15) is 10.1 Å². The van der Waals surface area contributed by atoms with Gasteiger partial charge in [-0.05, 0) is 43.7 Å². The summed E-state index contributed by atoms with van der Waals surface area (Å²) in [5, 5.41) is 11.5. The molecule has 0 saturated carbocycles. The van der Waals surface area contributed by atoms with Gasteiger partial charge in [0, 0.05) is 18.3 Å². The monoisotopic (exact) mass is 365 g/mol. The maximum atomic E-state index is 5.42. The van der Waals surface area contributed by atoms with Crippen molar-refractivity contribution >= 4 is 23.1 Å². The lowest BCUT2D eigenvalue weighted by Crippen LogP contribution is -2.19. The number of benzene rings is 2. The predicted molar refractivity (Wildman–Crippen MR) is 107 cm³/mol. The standard InChI is InChI=1S/C20H23N5O2/c1-5-25(15-8-6-7-14(2)11-15)20-23-19(13-21-24-20)22-17-10-9-16(26-3)12-18(17)27-4/h6-13H,5H2,1-4H3,(H,22,23,24). The van der Waals surface area contributed by atoms with Gasteiger partial charge in [0.1, 0.15) is 11.5 Å². The quantitative estimate of drug-likeness (QED) is 0.676. The Labute approximate surface area is 159 Å². The molecule has 1 N–H and O–H groups in total. The van der Waals surface area contributed by atoms with Crippen molar-refractivity contribution in [2.24, 2.45) is 0 Å². The van der Waals surface area contributed by atoms with Gasteiger partial charge in [-0.25, -0.2) is 0 Å². The lowest BCUT2D eigenvalue weighted by molar-refractivity contribution is 0.395. The van der Waals surface area contributed by atoms with Gasteiger partial charge in [0.25, 0.3) is 5.95 Å². The average Bonchev–Trinajstić information content (AvgIpc) is 2.69. The van der Waals surface area contributed by atoms with Crippen LogP contribution in [0, 0.1) is 6.92 Å². The Bertz CT molecular complexity index is 916. The normalized spacial score (nSPS) is 10.4. The highest BCUT2D eigenvalue weighted by atomic mass is 16.5. The van der Waals surface area contributed by atoms with Crippen molar-refractivity contribution in [3.8, 4) is 11.5 Å². The van der Waals surface area contributed by atoms with Crippen molar-refractivity contribution in [2.75, 3.05) is 31.0 Å². The molecule has 0 radical (unpaired) electrons. The molecule has 3 aromatic rings. The molecule has 7 nitrogen and oxygen atoms in total. The van der Waals surface area contributed by atoms with E-state index in [4.69, 9.17) is 9.47 Å². The molecule has 1 aromatic heterocycles. The number of hydrogen-bond acceptors (Lipinski definition) is 7. The van der Waals surface area contributed by atoms with Crippen molar-refractivity contribution in [1.29, 1.82) is 0 Å². The van der Waals surface area contributed by atoms with Crippen molar-refractivity contribution in [1.82, 2.24) is 15.2 Å². The smallest absolute Gasteiger partial charge is 0.251 e. The molecule has 0 bridgehead atoms. The largest absolute Gasteiger partial charge is 0.497 e. The molecule has 0 aliphatic carbocycles. The van der Waals surface area contributed by atoms with Crippen molar-refractivity contribution < 1.29 is 9.47 Å². The highest BCUT2D eigenvalue weighted by Crippen LogP contribution is 2.31. The summed E-state index contributed by atoms with van der Waals surface area (Å²) in [6.07, 6.45) is 1.58. The maximum Gasteiger partial charge on any atom is 0.251 e. The summed E-state index contributed by atoms with van der Waals surface area (Å²) in [7, 11) is 3.23. The molecule has 0 aliphatic heterocycles. The molecule has 140 valence electrons. The Kier molecular flexibility index (Phi) is 5.71. The van der Waals surface area contributed by atoms with Gasteiger partial charge >= 0.3 is 0 Å². The van der Waals surface area contributed by atoms with E-state index < -0.39 is 0 Å². The number of anilines is 4. The lowest BCUT2D eigenvalue weighted by Gasteiger charge is -2.21. The molecule has 0 unspecified atom stereocenters. The second-order valence-electron chi connectivity index (χ2n) is 5.92. The number of nitrogens with zero attached hydrogens (tertiary/aromatic N) is 4. The molecule has 27 heavy (non-hydrogen) atoms. The van der Waals surface area contributed by atoms with Gasteiger partial charge < -0.3 is 19.7 Å². The fourth-order valence-electron chi connectivity index (χ4n) is 2.74. The third-order valence-electron chi connectivity index (χ3n) is 4.09. The van der Waals surface area contributed by atoms with E-state index in [0.29, 0.717) is 17.5 Å². The molecule has 1 heterocycles. The Morgan fingerprint density at radius 2 is 1.93 bits per heavy atom. The topological polar surface area (TPSA) is 72.4 Å². The molecule has 7 heteroatoms. The van der Waals surface area contributed by atoms with Gasteiger partial charge in [0.2, 0.25) is 0 Å². The third kappa shape index (κ3) is 4.25. The van der Waals surface area contributed by atoms with E-state index in [-0.39, 0.29) is 0 Å². The number of hydrogen-bond donors (Lipinski definition) is 1. The minimum Gasteiger partial charge on any atom is -0.497 e. The van der Waals surface area contributed by atoms with Crippen LogP contribution in [0.15, 0.2) is 48.7 Å². The van der Waals surface area contributed by atoms with Crippen LogP contribution in [-0.2, 0) is 0 Å². The first-order valence-corrected chi connectivity index (χ1v) is 8.67. The van der Waals surface area contributed by atoms with Crippen LogP contribution in [0.25, 0.3) is 0 Å². The second-order valence-corrected chi connectivity index (χ2v) is 5.92. The Hall–Kier alpha value is -3.35. The summed E-state index contributed by atoms with van der Waals surface area (Å²) in [5.74, 6) is 2.48. The molecule has 3 rings (SSSR count). The van der Waals surface area contributed by atoms with E-state index in [2.05, 4.69) is 46.5 Å². The Morgan fingerprint density at radius 3 is 2.63 bits per heavy atom. The van der Waals surface area contributed by atoms with E-state index in [1.165, 1.54) is 5.56 Å². The number of nitrogens with one attached hydrogen (secondary N) is 1. The third-order valence-corrected chi connectivity index (χ3v) is 4.09. The summed E-state index contributed by atoms with van der Waals surface area (Å²) in [6.45, 7) is 4.84. The van der Waals surface area contributed by atoms with Gasteiger partial charge in [-0.3, -0.25) is 0 Å². The van der Waals surface area contributed by atoms with E-state index in [9.17, 15) is 0 Å². The number of ether oxygens (including phenoxy) is 2. The van der Waals surface area contributed by atoms with Crippen LogP contribution in [0.3, 0.4) is 0 Å². The van der Waals surface area contributed by atoms with Crippen LogP contribution in [0.4, 0.5) is 23.1 Å². The number of aryl methyl sites for hydroxylation is 1. The molecule has 0 saturated heterocycles. The Morgan fingerprint density at radius 1 is 1.07 bits per heavy atom.